The van der Waals surface area contributed by atoms with Gasteiger partial charge in [0.25, 0.3) is 0 Å². The molecule has 2 amide bonds. The number of likely N-dealkylation sites (tertiary alicyclic amines) is 2. The number of halogens is 1. The van der Waals surface area contributed by atoms with Gasteiger partial charge in [-0.05, 0) is 50.6 Å². The molecule has 162 valence electrons. The van der Waals surface area contributed by atoms with Crippen LogP contribution in [-0.2, 0) is 9.59 Å². The molecule has 0 spiro atoms. The van der Waals surface area contributed by atoms with Crippen LogP contribution < -0.4 is 10.6 Å². The van der Waals surface area contributed by atoms with Crippen LogP contribution in [0.25, 0.3) is 0 Å². The maximum Gasteiger partial charge on any atom is 0.233 e. The van der Waals surface area contributed by atoms with E-state index in [4.69, 9.17) is 0 Å². The minimum Gasteiger partial charge on any atom is -0.356 e. The molecule has 2 heterocycles. The number of rotatable bonds is 7. The summed E-state index contributed by atoms with van der Waals surface area (Å²) >= 11 is 0. The Hall–Kier alpha value is -1.16. The molecule has 0 radical (unpaired) electrons. The predicted octanol–water partition coefficient (Wildman–Crippen LogP) is 1.45. The number of aliphatic imine (C=N–C) groups is 1. The standard InChI is InChI=1S/C21H33N5O2.HI/c1-3-25-10-4-6-16(25)13-24-21(22-2)23-9-5-11-26-19(27)17-14-7-8-15(12-14)18(17)20(26)28;/h7-8,14-18H,3-6,9-13H2,1-2H3,(H2,22,23,24);1H. The number of hydrogen-bond donors (Lipinski definition) is 2. The first-order valence-electron chi connectivity index (χ1n) is 10.9. The number of likely N-dealkylation sites (N-methyl/N-ethyl adjacent to an activating group) is 1. The first-order valence-corrected chi connectivity index (χ1v) is 10.9. The van der Waals surface area contributed by atoms with Gasteiger partial charge in [-0.1, -0.05) is 19.1 Å². The van der Waals surface area contributed by atoms with Crippen molar-refractivity contribution in [2.75, 3.05) is 39.8 Å². The second-order valence-electron chi connectivity index (χ2n) is 8.49. The lowest BCUT2D eigenvalue weighted by atomic mass is 9.85. The summed E-state index contributed by atoms with van der Waals surface area (Å²) in [7, 11) is 1.78. The summed E-state index contributed by atoms with van der Waals surface area (Å²) < 4.78 is 0. The highest BCUT2D eigenvalue weighted by Crippen LogP contribution is 2.52. The van der Waals surface area contributed by atoms with Gasteiger partial charge in [0, 0.05) is 32.7 Å². The molecule has 0 aromatic carbocycles. The van der Waals surface area contributed by atoms with Crippen LogP contribution in [0, 0.1) is 23.7 Å². The van der Waals surface area contributed by atoms with Crippen molar-refractivity contribution in [3.63, 3.8) is 0 Å². The quantitative estimate of drug-likeness (QED) is 0.134. The lowest BCUT2D eigenvalue weighted by Crippen LogP contribution is -2.45. The van der Waals surface area contributed by atoms with Gasteiger partial charge in [0.05, 0.1) is 11.8 Å². The van der Waals surface area contributed by atoms with E-state index in [0.29, 0.717) is 19.1 Å². The molecule has 0 aromatic rings. The zero-order chi connectivity index (χ0) is 19.7. The molecule has 5 atom stereocenters. The van der Waals surface area contributed by atoms with Crippen LogP contribution in [0.15, 0.2) is 17.1 Å². The summed E-state index contributed by atoms with van der Waals surface area (Å²) in [5.74, 6) is 1.30. The summed E-state index contributed by atoms with van der Waals surface area (Å²) in [6, 6.07) is 0.576. The number of amides is 2. The average Bonchev–Trinajstić information content (AvgIpc) is 3.47. The summed E-state index contributed by atoms with van der Waals surface area (Å²) in [5, 5.41) is 6.73. The Labute approximate surface area is 190 Å². The van der Waals surface area contributed by atoms with Gasteiger partial charge in [-0.2, -0.15) is 0 Å². The molecule has 2 aliphatic carbocycles. The van der Waals surface area contributed by atoms with Crippen LogP contribution >= 0.6 is 24.0 Å². The number of imide groups is 1. The fraction of sp³-hybridized carbons (Fsp3) is 0.762. The highest BCUT2D eigenvalue weighted by atomic mass is 127. The van der Waals surface area contributed by atoms with Crippen LogP contribution in [0.4, 0.5) is 0 Å². The molecule has 0 aromatic heterocycles. The van der Waals surface area contributed by atoms with Gasteiger partial charge >= 0.3 is 0 Å². The molecule has 3 fully saturated rings. The fourth-order valence-electron chi connectivity index (χ4n) is 5.61. The predicted molar refractivity (Wildman–Crippen MR) is 124 cm³/mol. The minimum atomic E-state index is -0.0854. The van der Waals surface area contributed by atoms with Gasteiger partial charge in [0.1, 0.15) is 0 Å². The Bertz CT molecular complexity index is 652. The van der Waals surface area contributed by atoms with Crippen LogP contribution in [0.5, 0.6) is 0 Å². The van der Waals surface area contributed by atoms with Crippen molar-refractivity contribution < 1.29 is 9.59 Å². The van der Waals surface area contributed by atoms with Crippen molar-refractivity contribution in [2.24, 2.45) is 28.7 Å². The van der Waals surface area contributed by atoms with Crippen molar-refractivity contribution in [2.45, 2.75) is 38.6 Å². The minimum absolute atomic E-state index is 0. The molecule has 7 nitrogen and oxygen atoms in total. The van der Waals surface area contributed by atoms with E-state index in [2.05, 4.69) is 39.6 Å². The van der Waals surface area contributed by atoms with E-state index in [1.54, 1.807) is 7.05 Å². The Morgan fingerprint density at radius 2 is 1.86 bits per heavy atom. The molecule has 5 unspecified atom stereocenters. The first kappa shape index (κ1) is 22.5. The Kier molecular flexibility index (Phi) is 7.58. The van der Waals surface area contributed by atoms with Gasteiger partial charge in [-0.25, -0.2) is 0 Å². The Balaban J connectivity index is 0.00000240. The molecule has 2 aliphatic heterocycles. The van der Waals surface area contributed by atoms with Crippen LogP contribution in [-0.4, -0.2) is 73.4 Å². The fourth-order valence-corrected chi connectivity index (χ4v) is 5.61. The number of nitrogens with one attached hydrogen (secondary N) is 2. The van der Waals surface area contributed by atoms with Crippen molar-refractivity contribution in [1.82, 2.24) is 20.4 Å². The van der Waals surface area contributed by atoms with Crippen molar-refractivity contribution in [3.05, 3.63) is 12.2 Å². The molecule has 1 saturated carbocycles. The van der Waals surface area contributed by atoms with Gasteiger partial charge in [-0.15, -0.1) is 24.0 Å². The number of allylic oxidation sites excluding steroid dienone is 2. The summed E-state index contributed by atoms with van der Waals surface area (Å²) in [5.41, 5.74) is 0. The smallest absolute Gasteiger partial charge is 0.233 e. The third kappa shape index (κ3) is 4.33. The van der Waals surface area contributed by atoms with Crippen LogP contribution in [0.1, 0.15) is 32.6 Å². The second kappa shape index (κ2) is 9.76. The lowest BCUT2D eigenvalue weighted by molar-refractivity contribution is -0.140. The Morgan fingerprint density at radius 1 is 1.17 bits per heavy atom. The van der Waals surface area contributed by atoms with E-state index in [1.165, 1.54) is 24.3 Å². The molecule has 4 aliphatic rings. The molecule has 4 rings (SSSR count). The topological polar surface area (TPSA) is 77.0 Å². The SMILES string of the molecule is CCN1CCCC1CNC(=NC)NCCCN1C(=O)C2C3C=CC(C3)C2C1=O.I. The maximum atomic E-state index is 12.7. The molecule has 29 heavy (non-hydrogen) atoms. The van der Waals surface area contributed by atoms with Gasteiger partial charge < -0.3 is 10.6 Å². The Morgan fingerprint density at radius 3 is 2.48 bits per heavy atom. The normalized spacial score (nSPS) is 33.4. The maximum absolute atomic E-state index is 12.7. The lowest BCUT2D eigenvalue weighted by Gasteiger charge is -2.24. The van der Waals surface area contributed by atoms with Crippen molar-refractivity contribution >= 4 is 41.8 Å². The van der Waals surface area contributed by atoms with E-state index in [0.717, 1.165) is 31.9 Å². The summed E-state index contributed by atoms with van der Waals surface area (Å²) in [4.78, 5) is 33.7. The highest BCUT2D eigenvalue weighted by Gasteiger charge is 2.58. The van der Waals surface area contributed by atoms with Gasteiger partial charge in [0.2, 0.25) is 11.8 Å². The first-order chi connectivity index (χ1) is 13.6. The number of hydrogen-bond acceptors (Lipinski definition) is 4. The molecule has 8 heteroatoms. The third-order valence-corrected chi connectivity index (χ3v) is 7.05. The zero-order valence-electron chi connectivity index (χ0n) is 17.5. The second-order valence-corrected chi connectivity index (χ2v) is 8.49. The number of fused-ring (bicyclic) bond motifs is 5. The number of carbonyl (C=O) groups is 2. The van der Waals surface area contributed by atoms with Gasteiger partial charge in [-0.3, -0.25) is 24.4 Å². The van der Waals surface area contributed by atoms with E-state index in [-0.39, 0.29) is 59.5 Å². The molecule has 2 saturated heterocycles. The van der Waals surface area contributed by atoms with Crippen LogP contribution in [0.2, 0.25) is 0 Å². The van der Waals surface area contributed by atoms with E-state index in [1.807, 2.05) is 0 Å². The molecule has 2 bridgehead atoms. The third-order valence-electron chi connectivity index (χ3n) is 7.05. The van der Waals surface area contributed by atoms with Crippen molar-refractivity contribution in [3.8, 4) is 0 Å². The molecule has 2 N–H and O–H groups in total. The number of nitrogens with zero attached hydrogens (tertiary/aromatic N) is 3. The van der Waals surface area contributed by atoms with E-state index in [9.17, 15) is 9.59 Å². The molecular formula is C21H34IN5O2. The van der Waals surface area contributed by atoms with Gasteiger partial charge in [0.15, 0.2) is 5.96 Å². The van der Waals surface area contributed by atoms with Crippen molar-refractivity contribution in [1.29, 1.82) is 0 Å². The molecular weight excluding hydrogens is 481 g/mol. The monoisotopic (exact) mass is 515 g/mol. The average molecular weight is 515 g/mol. The summed E-state index contributed by atoms with van der Waals surface area (Å²) in [6.07, 6.45) is 8.51. The number of carbonyl (C=O) groups excluding carboxylic acids is 2. The van der Waals surface area contributed by atoms with Crippen LogP contribution in [0.3, 0.4) is 0 Å². The van der Waals surface area contributed by atoms with E-state index >= 15 is 0 Å². The van der Waals surface area contributed by atoms with E-state index < -0.39 is 0 Å². The number of guanidine groups is 1. The summed E-state index contributed by atoms with van der Waals surface area (Å²) in [6.45, 7) is 6.58. The largest absolute Gasteiger partial charge is 0.356 e. The zero-order valence-corrected chi connectivity index (χ0v) is 19.8. The highest BCUT2D eigenvalue weighted by molar-refractivity contribution is 14.0.